The zero-order valence-corrected chi connectivity index (χ0v) is 16.6. The van der Waals surface area contributed by atoms with Crippen LogP contribution in [0.3, 0.4) is 0 Å². The average molecular weight is 413 g/mol. The van der Waals surface area contributed by atoms with Gasteiger partial charge in [0.1, 0.15) is 16.8 Å². The molecule has 1 aliphatic heterocycles. The van der Waals surface area contributed by atoms with Crippen molar-refractivity contribution in [2.75, 3.05) is 19.0 Å². The predicted molar refractivity (Wildman–Crippen MR) is 113 cm³/mol. The number of hydrogen-bond acceptors (Lipinski definition) is 5. The van der Waals surface area contributed by atoms with Crippen molar-refractivity contribution in [1.29, 1.82) is 0 Å². The van der Waals surface area contributed by atoms with E-state index in [9.17, 15) is 14.0 Å². The summed E-state index contributed by atoms with van der Waals surface area (Å²) in [6.07, 6.45) is 1.59. The van der Waals surface area contributed by atoms with Gasteiger partial charge in [-0.3, -0.25) is 14.5 Å². The molecule has 6 nitrogen and oxygen atoms in total. The summed E-state index contributed by atoms with van der Waals surface area (Å²) in [7, 11) is 1.55. The average Bonchev–Trinajstić information content (AvgIpc) is 2.99. The minimum absolute atomic E-state index is 0.00318. The Kier molecular flexibility index (Phi) is 6.66. The third-order valence-corrected chi connectivity index (χ3v) is 5.28. The first-order valence-corrected chi connectivity index (χ1v) is 9.75. The van der Waals surface area contributed by atoms with E-state index in [4.69, 9.17) is 4.74 Å². The summed E-state index contributed by atoms with van der Waals surface area (Å²) in [4.78, 5) is 31.1. The monoisotopic (exact) mass is 413 g/mol. The topological polar surface area (TPSA) is 71.0 Å². The number of anilines is 1. The predicted octanol–water partition coefficient (Wildman–Crippen LogP) is 3.98. The molecule has 1 aliphatic rings. The Morgan fingerprint density at radius 2 is 2.10 bits per heavy atom. The largest absolute Gasteiger partial charge is 0.497 e. The number of carbonyl (C=O) groups is 2. The first-order valence-electron chi connectivity index (χ1n) is 8.87. The maximum atomic E-state index is 13.1. The minimum Gasteiger partial charge on any atom is -0.497 e. The fourth-order valence-corrected chi connectivity index (χ4v) is 3.90. The molecule has 1 N–H and O–H groups in total. The van der Waals surface area contributed by atoms with Gasteiger partial charge < -0.3 is 10.1 Å². The number of amides is 2. The van der Waals surface area contributed by atoms with Gasteiger partial charge in [-0.15, -0.1) is 6.58 Å². The van der Waals surface area contributed by atoms with Gasteiger partial charge in [0.15, 0.2) is 5.17 Å². The molecule has 2 aromatic rings. The first kappa shape index (κ1) is 20.6. The third-order valence-electron chi connectivity index (χ3n) is 4.11. The van der Waals surface area contributed by atoms with Crippen LogP contribution in [0.4, 0.5) is 15.8 Å². The third kappa shape index (κ3) is 5.23. The second kappa shape index (κ2) is 9.38. The number of halogens is 1. The summed E-state index contributed by atoms with van der Waals surface area (Å²) in [5.41, 5.74) is 1.12. The van der Waals surface area contributed by atoms with Crippen LogP contribution >= 0.6 is 11.8 Å². The van der Waals surface area contributed by atoms with E-state index < -0.39 is 5.25 Å². The highest BCUT2D eigenvalue weighted by atomic mass is 32.2. The van der Waals surface area contributed by atoms with Gasteiger partial charge in [-0.1, -0.05) is 23.9 Å². The van der Waals surface area contributed by atoms with E-state index in [0.717, 1.165) is 0 Å². The molecule has 0 bridgehead atoms. The van der Waals surface area contributed by atoms with E-state index in [0.29, 0.717) is 22.3 Å². The SMILES string of the molecule is C=CCN1C(=O)[C@H](CC(=O)Nc2cccc(OC)c2)SC1=Nc1ccc(F)cc1. The summed E-state index contributed by atoms with van der Waals surface area (Å²) in [6.45, 7) is 3.95. The van der Waals surface area contributed by atoms with Gasteiger partial charge in [-0.2, -0.15) is 0 Å². The summed E-state index contributed by atoms with van der Waals surface area (Å²) >= 11 is 1.21. The van der Waals surface area contributed by atoms with Crippen molar-refractivity contribution in [3.8, 4) is 5.75 Å². The lowest BCUT2D eigenvalue weighted by Crippen LogP contribution is -2.33. The second-order valence-electron chi connectivity index (χ2n) is 6.20. The Hall–Kier alpha value is -3.13. The number of methoxy groups -OCH3 is 1. The number of nitrogens with one attached hydrogen (secondary N) is 1. The van der Waals surface area contributed by atoms with Gasteiger partial charge >= 0.3 is 0 Å². The van der Waals surface area contributed by atoms with Crippen molar-refractivity contribution in [3.63, 3.8) is 0 Å². The maximum Gasteiger partial charge on any atom is 0.242 e. The summed E-state index contributed by atoms with van der Waals surface area (Å²) in [5, 5.41) is 2.64. The number of aliphatic imine (C=N–C) groups is 1. The van der Waals surface area contributed by atoms with Gasteiger partial charge in [-0.05, 0) is 36.4 Å². The Morgan fingerprint density at radius 3 is 2.79 bits per heavy atom. The van der Waals surface area contributed by atoms with Crippen molar-refractivity contribution in [2.24, 2.45) is 4.99 Å². The van der Waals surface area contributed by atoms with Crippen LogP contribution < -0.4 is 10.1 Å². The Morgan fingerprint density at radius 1 is 1.34 bits per heavy atom. The van der Waals surface area contributed by atoms with E-state index in [1.807, 2.05) is 0 Å². The van der Waals surface area contributed by atoms with Crippen molar-refractivity contribution in [1.82, 2.24) is 4.90 Å². The molecule has 0 unspecified atom stereocenters. The molecule has 29 heavy (non-hydrogen) atoms. The van der Waals surface area contributed by atoms with Crippen molar-refractivity contribution in [2.45, 2.75) is 11.7 Å². The van der Waals surface area contributed by atoms with Gasteiger partial charge in [0.05, 0.1) is 12.8 Å². The number of nitrogens with zero attached hydrogens (tertiary/aromatic N) is 2. The zero-order chi connectivity index (χ0) is 20.8. The van der Waals surface area contributed by atoms with Gasteiger partial charge in [0, 0.05) is 24.7 Å². The number of rotatable bonds is 7. The van der Waals surface area contributed by atoms with Crippen LogP contribution in [0.5, 0.6) is 5.75 Å². The number of thioether (sulfide) groups is 1. The number of benzene rings is 2. The van der Waals surface area contributed by atoms with Crippen molar-refractivity contribution < 1.29 is 18.7 Å². The lowest BCUT2D eigenvalue weighted by atomic mass is 10.2. The summed E-state index contributed by atoms with van der Waals surface area (Å²) < 4.78 is 18.2. The smallest absolute Gasteiger partial charge is 0.242 e. The molecule has 1 atom stereocenters. The molecule has 8 heteroatoms. The zero-order valence-electron chi connectivity index (χ0n) is 15.8. The fraction of sp³-hybridized carbons (Fsp3) is 0.190. The molecular formula is C21H20FN3O3S. The van der Waals surface area contributed by atoms with E-state index >= 15 is 0 Å². The van der Waals surface area contributed by atoms with Gasteiger partial charge in [0.25, 0.3) is 0 Å². The van der Waals surface area contributed by atoms with Gasteiger partial charge in [0.2, 0.25) is 11.8 Å². The molecule has 3 rings (SSSR count). The van der Waals surface area contributed by atoms with E-state index in [2.05, 4.69) is 16.9 Å². The molecule has 0 saturated carbocycles. The van der Waals surface area contributed by atoms with Crippen molar-refractivity contribution >= 4 is 40.1 Å². The molecule has 0 aliphatic carbocycles. The van der Waals surface area contributed by atoms with Crippen LogP contribution in [-0.4, -0.2) is 40.8 Å². The van der Waals surface area contributed by atoms with E-state index in [1.165, 1.54) is 40.9 Å². The lowest BCUT2D eigenvalue weighted by Gasteiger charge is -2.13. The highest BCUT2D eigenvalue weighted by Crippen LogP contribution is 2.32. The quantitative estimate of drug-likeness (QED) is 0.697. The normalized spacial score (nSPS) is 17.4. The van der Waals surface area contributed by atoms with Crippen LogP contribution in [0.2, 0.25) is 0 Å². The molecule has 2 aromatic carbocycles. The van der Waals surface area contributed by atoms with Crippen molar-refractivity contribution in [3.05, 3.63) is 67.0 Å². The fourth-order valence-electron chi connectivity index (χ4n) is 2.73. The number of amidine groups is 1. The highest BCUT2D eigenvalue weighted by Gasteiger charge is 2.38. The molecular weight excluding hydrogens is 393 g/mol. The lowest BCUT2D eigenvalue weighted by molar-refractivity contribution is -0.127. The van der Waals surface area contributed by atoms with Gasteiger partial charge in [-0.25, -0.2) is 9.38 Å². The number of carbonyl (C=O) groups excluding carboxylic acids is 2. The number of hydrogen-bond donors (Lipinski definition) is 1. The van der Waals surface area contributed by atoms with Crippen LogP contribution in [0.15, 0.2) is 66.2 Å². The number of ether oxygens (including phenoxy) is 1. The highest BCUT2D eigenvalue weighted by molar-refractivity contribution is 8.15. The molecule has 1 heterocycles. The van der Waals surface area contributed by atoms with Crippen LogP contribution in [0.25, 0.3) is 0 Å². The molecule has 150 valence electrons. The summed E-state index contributed by atoms with van der Waals surface area (Å²) in [5.74, 6) is -0.235. The Bertz CT molecular complexity index is 946. The molecule has 1 fully saturated rings. The van der Waals surface area contributed by atoms with Crippen LogP contribution in [0, 0.1) is 5.82 Å². The molecule has 0 aromatic heterocycles. The van der Waals surface area contributed by atoms with Crippen LogP contribution in [-0.2, 0) is 9.59 Å². The maximum absolute atomic E-state index is 13.1. The molecule has 2 amide bonds. The van der Waals surface area contributed by atoms with Crippen LogP contribution in [0.1, 0.15) is 6.42 Å². The molecule has 0 spiro atoms. The summed E-state index contributed by atoms with van der Waals surface area (Å²) in [6, 6.07) is 12.7. The molecule has 0 radical (unpaired) electrons. The Balaban J connectivity index is 1.72. The molecule has 1 saturated heterocycles. The first-order chi connectivity index (χ1) is 14.0. The minimum atomic E-state index is -0.597. The van der Waals surface area contributed by atoms with E-state index in [1.54, 1.807) is 37.5 Å². The standard InChI is InChI=1S/C21H20FN3O3S/c1-3-11-25-20(27)18(29-21(25)24-15-9-7-14(22)8-10-15)13-19(26)23-16-5-4-6-17(12-16)28-2/h3-10,12,18H,1,11,13H2,2H3,(H,23,26)/t18-/m0/s1. The van der Waals surface area contributed by atoms with E-state index in [-0.39, 0.29) is 30.6 Å². The second-order valence-corrected chi connectivity index (χ2v) is 7.37. The Labute approximate surface area is 172 Å².